The number of benzene rings is 1. The van der Waals surface area contributed by atoms with E-state index < -0.39 is 28.9 Å². The molecular formula is C17H17F3N2O3. The number of anilines is 1. The molecule has 25 heavy (non-hydrogen) atoms. The molecule has 0 spiro atoms. The molecule has 2 rings (SSSR count). The maximum atomic E-state index is 12.7. The summed E-state index contributed by atoms with van der Waals surface area (Å²) in [5, 5.41) is 2.22. The Kier molecular flexibility index (Phi) is 5.84. The van der Waals surface area contributed by atoms with E-state index in [1.807, 2.05) is 11.9 Å². The first-order valence-electron chi connectivity index (χ1n) is 7.61. The maximum Gasteiger partial charge on any atom is 0.417 e. The fraction of sp³-hybridized carbons (Fsp3) is 0.294. The molecule has 0 unspecified atom stereocenters. The zero-order valence-corrected chi connectivity index (χ0v) is 13.4. The van der Waals surface area contributed by atoms with Crippen LogP contribution in [0.2, 0.25) is 0 Å². The zero-order valence-electron chi connectivity index (χ0n) is 13.4. The molecule has 0 fully saturated rings. The third-order valence-electron chi connectivity index (χ3n) is 3.40. The number of nitrogens with one attached hydrogen (secondary N) is 2. The monoisotopic (exact) mass is 354 g/mol. The van der Waals surface area contributed by atoms with E-state index in [-0.39, 0.29) is 6.42 Å². The normalized spacial score (nSPS) is 11.2. The Labute approximate surface area is 141 Å². The molecule has 0 radical (unpaired) electrons. The molecule has 134 valence electrons. The third-order valence-corrected chi connectivity index (χ3v) is 3.40. The molecule has 0 saturated heterocycles. The van der Waals surface area contributed by atoms with Gasteiger partial charge in [-0.25, -0.2) is 0 Å². The second-order valence-corrected chi connectivity index (χ2v) is 5.22. The average Bonchev–Trinajstić information content (AvgIpc) is 2.55. The second kappa shape index (κ2) is 7.87. The summed E-state index contributed by atoms with van der Waals surface area (Å²) >= 11 is 0. The number of aromatic nitrogens is 1. The molecule has 0 aliphatic heterocycles. The topological polar surface area (TPSA) is 71.2 Å². The first kappa shape index (κ1) is 18.6. The number of carbonyl (C=O) groups excluding carboxylic acids is 1. The highest BCUT2D eigenvalue weighted by Crippen LogP contribution is 2.29. The molecule has 8 heteroatoms. The lowest BCUT2D eigenvalue weighted by atomic mass is 10.1. The van der Waals surface area contributed by atoms with Crippen LogP contribution in [0.25, 0.3) is 0 Å². The smallest absolute Gasteiger partial charge is 0.417 e. The van der Waals surface area contributed by atoms with Crippen LogP contribution in [0.5, 0.6) is 5.75 Å². The largest absolute Gasteiger partial charge is 0.494 e. The summed E-state index contributed by atoms with van der Waals surface area (Å²) in [4.78, 5) is 25.5. The fourth-order valence-electron chi connectivity index (χ4n) is 2.21. The molecular weight excluding hydrogens is 337 g/mol. The Morgan fingerprint density at radius 3 is 2.68 bits per heavy atom. The van der Waals surface area contributed by atoms with Gasteiger partial charge in [-0.15, -0.1) is 0 Å². The number of hydrogen-bond acceptors (Lipinski definition) is 3. The summed E-state index contributed by atoms with van der Waals surface area (Å²) in [6, 6.07) is 7.79. The Bertz CT molecular complexity index is 800. The Morgan fingerprint density at radius 1 is 1.28 bits per heavy atom. The quantitative estimate of drug-likeness (QED) is 0.836. The molecule has 0 atom stereocenters. The SMILES string of the molecule is CCOc1ccccc1CCC(=O)Nc1cc(C(F)(F)F)c[nH]c1=O. The van der Waals surface area contributed by atoms with Crippen molar-refractivity contribution >= 4 is 11.6 Å². The van der Waals surface area contributed by atoms with E-state index in [0.29, 0.717) is 31.0 Å². The first-order chi connectivity index (χ1) is 11.8. The number of aromatic amines is 1. The van der Waals surface area contributed by atoms with E-state index in [0.717, 1.165) is 5.56 Å². The predicted molar refractivity (Wildman–Crippen MR) is 86.6 cm³/mol. The molecule has 2 N–H and O–H groups in total. The number of carbonyl (C=O) groups is 1. The van der Waals surface area contributed by atoms with Crippen molar-refractivity contribution in [3.05, 3.63) is 58.0 Å². The van der Waals surface area contributed by atoms with Gasteiger partial charge in [0.05, 0.1) is 12.2 Å². The van der Waals surface area contributed by atoms with Crippen LogP contribution in [0.3, 0.4) is 0 Å². The number of amides is 1. The van der Waals surface area contributed by atoms with Gasteiger partial charge in [0, 0.05) is 12.6 Å². The van der Waals surface area contributed by atoms with Crippen molar-refractivity contribution in [3.8, 4) is 5.75 Å². The summed E-state index contributed by atoms with van der Waals surface area (Å²) in [6.45, 7) is 2.31. The summed E-state index contributed by atoms with van der Waals surface area (Å²) < 4.78 is 43.5. The summed E-state index contributed by atoms with van der Waals surface area (Å²) in [7, 11) is 0. The predicted octanol–water partition coefficient (Wildman–Crippen LogP) is 3.36. The second-order valence-electron chi connectivity index (χ2n) is 5.22. The molecule has 0 bridgehead atoms. The minimum Gasteiger partial charge on any atom is -0.494 e. The van der Waals surface area contributed by atoms with Crippen molar-refractivity contribution in [3.63, 3.8) is 0 Å². The number of H-pyrrole nitrogens is 1. The van der Waals surface area contributed by atoms with Gasteiger partial charge in [0.1, 0.15) is 11.4 Å². The van der Waals surface area contributed by atoms with Crippen LogP contribution in [0, 0.1) is 0 Å². The third kappa shape index (κ3) is 5.10. The maximum absolute atomic E-state index is 12.7. The van der Waals surface area contributed by atoms with Crippen molar-refractivity contribution in [2.45, 2.75) is 25.9 Å². The first-order valence-corrected chi connectivity index (χ1v) is 7.61. The van der Waals surface area contributed by atoms with Crippen LogP contribution < -0.4 is 15.6 Å². The number of para-hydroxylation sites is 1. The Hall–Kier alpha value is -2.77. The van der Waals surface area contributed by atoms with E-state index in [1.165, 1.54) is 0 Å². The standard InChI is InChI=1S/C17H17F3N2O3/c1-2-25-14-6-4-3-5-11(14)7-8-15(23)22-13-9-12(17(18,19)20)10-21-16(13)24/h3-6,9-10H,2,7-8H2,1H3,(H,21,24)(H,22,23). The lowest BCUT2D eigenvalue weighted by molar-refractivity contribution is -0.137. The van der Waals surface area contributed by atoms with Gasteiger partial charge in [0.15, 0.2) is 0 Å². The number of halogens is 3. The number of ether oxygens (including phenoxy) is 1. The number of rotatable bonds is 6. The van der Waals surface area contributed by atoms with Crippen molar-refractivity contribution in [2.24, 2.45) is 0 Å². The molecule has 5 nitrogen and oxygen atoms in total. The van der Waals surface area contributed by atoms with Crippen LogP contribution in [0.15, 0.2) is 41.3 Å². The van der Waals surface area contributed by atoms with Gasteiger partial charge in [-0.05, 0) is 31.0 Å². The van der Waals surface area contributed by atoms with Gasteiger partial charge in [-0.1, -0.05) is 18.2 Å². The number of pyridine rings is 1. The molecule has 0 aliphatic carbocycles. The van der Waals surface area contributed by atoms with Crippen molar-refractivity contribution in [1.29, 1.82) is 0 Å². The highest BCUT2D eigenvalue weighted by atomic mass is 19.4. The van der Waals surface area contributed by atoms with Gasteiger partial charge in [0.2, 0.25) is 5.91 Å². The highest BCUT2D eigenvalue weighted by molar-refractivity contribution is 5.90. The van der Waals surface area contributed by atoms with Crippen LogP contribution in [-0.4, -0.2) is 17.5 Å². The lowest BCUT2D eigenvalue weighted by Gasteiger charge is -2.11. The average molecular weight is 354 g/mol. The molecule has 1 aromatic carbocycles. The highest BCUT2D eigenvalue weighted by Gasteiger charge is 2.31. The van der Waals surface area contributed by atoms with Crippen LogP contribution >= 0.6 is 0 Å². The molecule has 0 aliphatic rings. The van der Waals surface area contributed by atoms with E-state index in [1.54, 1.807) is 24.3 Å². The van der Waals surface area contributed by atoms with Crippen LogP contribution in [0.4, 0.5) is 18.9 Å². The van der Waals surface area contributed by atoms with Crippen molar-refractivity contribution < 1.29 is 22.7 Å². The summed E-state index contributed by atoms with van der Waals surface area (Å²) in [6.07, 6.45) is -3.71. The van der Waals surface area contributed by atoms with Gasteiger partial charge in [-0.3, -0.25) is 9.59 Å². The van der Waals surface area contributed by atoms with Crippen molar-refractivity contribution in [2.75, 3.05) is 11.9 Å². The molecule has 0 saturated carbocycles. The molecule has 1 aromatic heterocycles. The van der Waals surface area contributed by atoms with E-state index in [9.17, 15) is 22.8 Å². The lowest BCUT2D eigenvalue weighted by Crippen LogP contribution is -2.21. The minimum absolute atomic E-state index is 0.000225. The number of hydrogen-bond donors (Lipinski definition) is 2. The van der Waals surface area contributed by atoms with Crippen LogP contribution in [-0.2, 0) is 17.4 Å². The van der Waals surface area contributed by atoms with Crippen molar-refractivity contribution in [1.82, 2.24) is 4.98 Å². The van der Waals surface area contributed by atoms with Gasteiger partial charge in [0.25, 0.3) is 5.56 Å². The van der Waals surface area contributed by atoms with E-state index in [4.69, 9.17) is 4.74 Å². The van der Waals surface area contributed by atoms with Gasteiger partial charge in [-0.2, -0.15) is 13.2 Å². The fourth-order valence-corrected chi connectivity index (χ4v) is 2.21. The van der Waals surface area contributed by atoms with E-state index >= 15 is 0 Å². The summed E-state index contributed by atoms with van der Waals surface area (Å²) in [5.41, 5.74) is -1.46. The van der Waals surface area contributed by atoms with Gasteiger partial charge < -0.3 is 15.0 Å². The number of aryl methyl sites for hydroxylation is 1. The van der Waals surface area contributed by atoms with Gasteiger partial charge >= 0.3 is 6.18 Å². The summed E-state index contributed by atoms with van der Waals surface area (Å²) in [5.74, 6) is 0.0887. The van der Waals surface area contributed by atoms with E-state index in [2.05, 4.69) is 5.32 Å². The number of alkyl halides is 3. The van der Waals surface area contributed by atoms with Crippen LogP contribution in [0.1, 0.15) is 24.5 Å². The molecule has 2 aromatic rings. The Balaban J connectivity index is 2.05. The zero-order chi connectivity index (χ0) is 18.4. The minimum atomic E-state index is -4.61. The molecule has 1 heterocycles. The molecule has 1 amide bonds. The Morgan fingerprint density at radius 2 is 2.00 bits per heavy atom.